The summed E-state index contributed by atoms with van der Waals surface area (Å²) >= 11 is 0. The number of fused-ring (bicyclic) bond motifs is 1. The molecule has 0 aromatic carbocycles. The van der Waals surface area contributed by atoms with Crippen molar-refractivity contribution in [3.63, 3.8) is 0 Å². The number of Topliss-reactive ketones (excluding diaryl/α,β-unsaturated/α-hetero) is 1. The Bertz CT molecular complexity index is 697. The summed E-state index contributed by atoms with van der Waals surface area (Å²) in [6.07, 6.45) is 4.35. The lowest BCUT2D eigenvalue weighted by Crippen LogP contribution is -2.38. The number of carbonyl (C=O) groups is 2. The Kier molecular flexibility index (Phi) is 3.12. The highest BCUT2D eigenvalue weighted by Crippen LogP contribution is 2.06. The van der Waals surface area contributed by atoms with Crippen LogP contribution in [0.3, 0.4) is 0 Å². The molecule has 2 amide bonds. The highest BCUT2D eigenvalue weighted by molar-refractivity contribution is 6.59. The van der Waals surface area contributed by atoms with E-state index in [1.54, 1.807) is 10.8 Å². The van der Waals surface area contributed by atoms with Crippen LogP contribution in [-0.2, 0) is 4.79 Å². The molecule has 0 fully saturated rings. The van der Waals surface area contributed by atoms with E-state index < -0.39 is 6.03 Å². The SMILES string of the molecule is CC(C)n1cc(O)c2c1=CC(=O)C(=NNC(N)=O)C=2. The molecule has 1 aliphatic carbocycles. The molecule has 1 aliphatic rings. The van der Waals surface area contributed by atoms with Gasteiger partial charge in [-0.1, -0.05) is 0 Å². The largest absolute Gasteiger partial charge is 0.506 e. The van der Waals surface area contributed by atoms with Crippen LogP contribution in [-0.4, -0.2) is 27.2 Å². The van der Waals surface area contributed by atoms with Gasteiger partial charge in [-0.15, -0.1) is 0 Å². The van der Waals surface area contributed by atoms with Crippen molar-refractivity contribution in [1.82, 2.24) is 9.99 Å². The fraction of sp³-hybridized carbons (Fsp3) is 0.250. The van der Waals surface area contributed by atoms with E-state index in [0.717, 1.165) is 0 Å². The minimum atomic E-state index is -0.858. The van der Waals surface area contributed by atoms with Gasteiger partial charge in [0.1, 0.15) is 11.5 Å². The van der Waals surface area contributed by atoms with Crippen LogP contribution in [0, 0.1) is 0 Å². The predicted octanol–water partition coefficient (Wildman–Crippen LogP) is -1.06. The van der Waals surface area contributed by atoms with E-state index in [4.69, 9.17) is 5.73 Å². The first-order valence-electron chi connectivity index (χ1n) is 5.71. The van der Waals surface area contributed by atoms with Crippen LogP contribution in [0.25, 0.3) is 12.2 Å². The van der Waals surface area contributed by atoms with Gasteiger partial charge in [-0.25, -0.2) is 10.2 Å². The van der Waals surface area contributed by atoms with Gasteiger partial charge in [0.15, 0.2) is 0 Å². The number of ketones is 1. The van der Waals surface area contributed by atoms with E-state index in [0.29, 0.717) is 10.6 Å². The van der Waals surface area contributed by atoms with Gasteiger partial charge in [-0.2, -0.15) is 5.10 Å². The van der Waals surface area contributed by atoms with E-state index >= 15 is 0 Å². The Morgan fingerprint density at radius 1 is 1.47 bits per heavy atom. The topological polar surface area (TPSA) is 110 Å². The molecule has 0 saturated heterocycles. The number of hydrogen-bond donors (Lipinski definition) is 3. The summed E-state index contributed by atoms with van der Waals surface area (Å²) in [6, 6.07) is -0.752. The van der Waals surface area contributed by atoms with Gasteiger partial charge in [0.25, 0.3) is 0 Å². The third kappa shape index (κ3) is 2.35. The van der Waals surface area contributed by atoms with Crippen molar-refractivity contribution in [2.75, 3.05) is 0 Å². The second kappa shape index (κ2) is 4.60. The quantitative estimate of drug-likeness (QED) is 0.591. The molecule has 0 aliphatic heterocycles. The fourth-order valence-corrected chi connectivity index (χ4v) is 1.88. The molecule has 0 bridgehead atoms. The Hall–Kier alpha value is -2.57. The van der Waals surface area contributed by atoms with Gasteiger partial charge >= 0.3 is 6.03 Å². The molecule has 0 radical (unpaired) electrons. The molecule has 0 saturated carbocycles. The van der Waals surface area contributed by atoms with Gasteiger partial charge in [-0.05, 0) is 19.9 Å². The molecule has 1 aromatic rings. The minimum Gasteiger partial charge on any atom is -0.506 e. The summed E-state index contributed by atoms with van der Waals surface area (Å²) in [4.78, 5) is 22.4. The number of nitrogens with zero attached hydrogens (tertiary/aromatic N) is 2. The standard InChI is InChI=1S/C12H14N4O3/c1-6(2)16-5-11(18)7-3-8(14-15-12(13)19)10(17)4-9(7)16/h3-6,18H,1-2H3,(H3,13,15,19). The van der Waals surface area contributed by atoms with Crippen molar-refractivity contribution >= 4 is 29.7 Å². The van der Waals surface area contributed by atoms with Crippen molar-refractivity contribution < 1.29 is 14.7 Å². The Labute approximate surface area is 108 Å². The number of nitrogens with two attached hydrogens (primary N) is 1. The molecular formula is C12H14N4O3. The van der Waals surface area contributed by atoms with Crippen LogP contribution in [0.4, 0.5) is 4.79 Å². The summed E-state index contributed by atoms with van der Waals surface area (Å²) in [6.45, 7) is 3.88. The van der Waals surface area contributed by atoms with Crippen LogP contribution in [0.2, 0.25) is 0 Å². The van der Waals surface area contributed by atoms with Crippen LogP contribution in [0.1, 0.15) is 19.9 Å². The minimum absolute atomic E-state index is 0.0168. The summed E-state index contributed by atoms with van der Waals surface area (Å²) in [7, 11) is 0. The van der Waals surface area contributed by atoms with Crippen LogP contribution in [0.5, 0.6) is 5.75 Å². The smallest absolute Gasteiger partial charge is 0.332 e. The number of hydrazone groups is 1. The fourth-order valence-electron chi connectivity index (χ4n) is 1.88. The van der Waals surface area contributed by atoms with E-state index in [2.05, 4.69) is 5.10 Å². The highest BCUT2D eigenvalue weighted by atomic mass is 16.3. The van der Waals surface area contributed by atoms with Crippen molar-refractivity contribution in [2.45, 2.75) is 19.9 Å². The normalized spacial score (nSPS) is 15.9. The summed E-state index contributed by atoms with van der Waals surface area (Å²) in [5.41, 5.74) is 6.89. The number of carbonyl (C=O) groups excluding carboxylic acids is 2. The van der Waals surface area contributed by atoms with Crippen LogP contribution >= 0.6 is 0 Å². The zero-order chi connectivity index (χ0) is 14.2. The Balaban J connectivity index is 2.59. The highest BCUT2D eigenvalue weighted by Gasteiger charge is 2.16. The van der Waals surface area contributed by atoms with E-state index in [1.807, 2.05) is 19.3 Å². The molecule has 1 heterocycles. The summed E-state index contributed by atoms with van der Waals surface area (Å²) in [5, 5.41) is 14.6. The zero-order valence-electron chi connectivity index (χ0n) is 10.5. The van der Waals surface area contributed by atoms with E-state index in [1.165, 1.54) is 12.2 Å². The van der Waals surface area contributed by atoms with Crippen molar-refractivity contribution in [1.29, 1.82) is 0 Å². The van der Waals surface area contributed by atoms with Crippen molar-refractivity contribution in [3.8, 4) is 5.75 Å². The molecule has 1 aromatic heterocycles. The maximum absolute atomic E-state index is 11.8. The van der Waals surface area contributed by atoms with Crippen LogP contribution < -0.4 is 21.7 Å². The summed E-state index contributed by atoms with van der Waals surface area (Å²) in [5.74, 6) is -0.305. The van der Waals surface area contributed by atoms with Gasteiger partial charge < -0.3 is 15.4 Å². The number of aromatic nitrogens is 1. The maximum Gasteiger partial charge on any atom is 0.332 e. The molecular weight excluding hydrogens is 248 g/mol. The predicted molar refractivity (Wildman–Crippen MR) is 69.8 cm³/mol. The molecule has 0 atom stereocenters. The number of amides is 2. The molecule has 100 valence electrons. The van der Waals surface area contributed by atoms with Crippen LogP contribution in [0.15, 0.2) is 11.3 Å². The average molecular weight is 262 g/mol. The number of primary amides is 1. The number of nitrogens with one attached hydrogen (secondary N) is 1. The van der Waals surface area contributed by atoms with Gasteiger partial charge in [0.05, 0.1) is 5.35 Å². The number of aromatic hydroxyl groups is 1. The first-order chi connectivity index (χ1) is 8.90. The monoisotopic (exact) mass is 262 g/mol. The molecule has 7 heteroatoms. The molecule has 4 N–H and O–H groups in total. The van der Waals surface area contributed by atoms with E-state index in [-0.39, 0.29) is 23.3 Å². The molecule has 7 nitrogen and oxygen atoms in total. The molecule has 2 rings (SSSR count). The lowest BCUT2D eigenvalue weighted by Gasteiger charge is -2.08. The second-order valence-electron chi connectivity index (χ2n) is 4.44. The lowest BCUT2D eigenvalue weighted by molar-refractivity contribution is -0.107. The molecule has 0 unspecified atom stereocenters. The maximum atomic E-state index is 11.8. The van der Waals surface area contributed by atoms with Gasteiger partial charge in [0.2, 0.25) is 5.78 Å². The van der Waals surface area contributed by atoms with Gasteiger partial charge in [0, 0.05) is 23.5 Å². The Morgan fingerprint density at radius 2 is 2.16 bits per heavy atom. The molecule has 19 heavy (non-hydrogen) atoms. The first kappa shape index (κ1) is 12.9. The summed E-state index contributed by atoms with van der Waals surface area (Å²) < 4.78 is 1.79. The molecule has 0 spiro atoms. The van der Waals surface area contributed by atoms with Gasteiger partial charge in [-0.3, -0.25) is 4.79 Å². The lowest BCUT2D eigenvalue weighted by atomic mass is 10.1. The second-order valence-corrected chi connectivity index (χ2v) is 4.44. The van der Waals surface area contributed by atoms with Crippen molar-refractivity contribution in [3.05, 3.63) is 16.8 Å². The Morgan fingerprint density at radius 3 is 2.74 bits per heavy atom. The number of rotatable bonds is 2. The zero-order valence-corrected chi connectivity index (χ0v) is 10.5. The third-order valence-corrected chi connectivity index (χ3v) is 2.74. The third-order valence-electron chi connectivity index (χ3n) is 2.74. The first-order valence-corrected chi connectivity index (χ1v) is 5.71. The number of hydrogen-bond acceptors (Lipinski definition) is 4. The average Bonchev–Trinajstić information content (AvgIpc) is 2.63. The van der Waals surface area contributed by atoms with Crippen molar-refractivity contribution in [2.24, 2.45) is 10.8 Å². The van der Waals surface area contributed by atoms with E-state index in [9.17, 15) is 14.7 Å². The number of urea groups is 1.